The van der Waals surface area contributed by atoms with E-state index in [1.165, 1.54) is 12.3 Å². The van der Waals surface area contributed by atoms with Crippen LogP contribution in [0.3, 0.4) is 0 Å². The van der Waals surface area contributed by atoms with Gasteiger partial charge in [-0.05, 0) is 24.3 Å². The summed E-state index contributed by atoms with van der Waals surface area (Å²) >= 11 is 0. The van der Waals surface area contributed by atoms with Crippen LogP contribution in [-0.4, -0.2) is 22.0 Å². The molecule has 0 spiro atoms. The van der Waals surface area contributed by atoms with E-state index in [4.69, 9.17) is 9.47 Å². The van der Waals surface area contributed by atoms with E-state index in [-0.39, 0.29) is 18.4 Å². The van der Waals surface area contributed by atoms with E-state index in [1.54, 1.807) is 18.2 Å². The highest BCUT2D eigenvalue weighted by atomic mass is 19.1. The molecule has 126 valence electrons. The Morgan fingerprint density at radius 1 is 0.960 bits per heavy atom. The van der Waals surface area contributed by atoms with Crippen molar-refractivity contribution in [2.45, 2.75) is 0 Å². The van der Waals surface area contributed by atoms with Crippen LogP contribution >= 0.6 is 0 Å². The van der Waals surface area contributed by atoms with Crippen molar-refractivity contribution >= 4 is 23.1 Å². The maximum atomic E-state index is 13.7. The Labute approximate surface area is 140 Å². The number of nitrogens with one attached hydrogen (secondary N) is 2. The fraction of sp³-hybridized carbons (Fsp3) is 0.0625. The molecule has 1 aromatic heterocycles. The van der Waals surface area contributed by atoms with Crippen molar-refractivity contribution < 1.29 is 18.3 Å². The molecule has 1 aliphatic heterocycles. The van der Waals surface area contributed by atoms with Gasteiger partial charge < -0.3 is 20.1 Å². The molecule has 3 aromatic rings. The molecule has 4 rings (SSSR count). The van der Waals surface area contributed by atoms with Crippen LogP contribution < -0.4 is 20.1 Å². The van der Waals surface area contributed by atoms with Crippen LogP contribution in [0.1, 0.15) is 0 Å². The highest BCUT2D eigenvalue weighted by Gasteiger charge is 2.14. The molecule has 0 unspecified atom stereocenters. The van der Waals surface area contributed by atoms with Crippen LogP contribution in [0.25, 0.3) is 0 Å². The Balaban J connectivity index is 1.55. The van der Waals surface area contributed by atoms with Crippen molar-refractivity contribution in [2.24, 2.45) is 0 Å². The van der Waals surface area contributed by atoms with Crippen molar-refractivity contribution in [1.82, 2.24) is 15.2 Å². The predicted molar refractivity (Wildman–Crippen MR) is 85.3 cm³/mol. The van der Waals surface area contributed by atoms with Gasteiger partial charge in [0, 0.05) is 11.8 Å². The number of nitrogens with zero attached hydrogens (tertiary/aromatic N) is 3. The normalized spacial score (nSPS) is 12.1. The SMILES string of the molecule is Fc1cccc(F)c1Nc1nncc(Nc2ccc3c(c2)OCO3)n1. The Morgan fingerprint density at radius 2 is 1.76 bits per heavy atom. The number of hydrogen-bond acceptors (Lipinski definition) is 7. The maximum Gasteiger partial charge on any atom is 0.249 e. The highest BCUT2D eigenvalue weighted by molar-refractivity contribution is 5.62. The van der Waals surface area contributed by atoms with Gasteiger partial charge in [0.05, 0.1) is 6.20 Å². The van der Waals surface area contributed by atoms with Crippen molar-refractivity contribution in [3.63, 3.8) is 0 Å². The second kappa shape index (κ2) is 6.19. The maximum absolute atomic E-state index is 13.7. The summed E-state index contributed by atoms with van der Waals surface area (Å²) in [5.41, 5.74) is 0.345. The van der Waals surface area contributed by atoms with Crippen LogP contribution in [0.4, 0.5) is 31.9 Å². The van der Waals surface area contributed by atoms with Gasteiger partial charge >= 0.3 is 0 Å². The third-order valence-electron chi connectivity index (χ3n) is 3.40. The topological polar surface area (TPSA) is 81.2 Å². The first kappa shape index (κ1) is 15.1. The summed E-state index contributed by atoms with van der Waals surface area (Å²) in [6, 6.07) is 8.81. The van der Waals surface area contributed by atoms with Crippen LogP contribution in [0.5, 0.6) is 11.5 Å². The number of rotatable bonds is 4. The number of anilines is 4. The highest BCUT2D eigenvalue weighted by Crippen LogP contribution is 2.34. The molecule has 0 amide bonds. The van der Waals surface area contributed by atoms with Gasteiger partial charge in [-0.3, -0.25) is 0 Å². The number of para-hydroxylation sites is 1. The summed E-state index contributed by atoms with van der Waals surface area (Å²) in [4.78, 5) is 4.14. The minimum atomic E-state index is -0.752. The van der Waals surface area contributed by atoms with Gasteiger partial charge in [0.15, 0.2) is 17.3 Å². The fourth-order valence-electron chi connectivity index (χ4n) is 2.27. The summed E-state index contributed by atoms with van der Waals surface area (Å²) in [5, 5.41) is 13.0. The minimum absolute atomic E-state index is 0.0465. The number of fused-ring (bicyclic) bond motifs is 1. The Bertz CT molecular complexity index is 918. The van der Waals surface area contributed by atoms with E-state index in [0.29, 0.717) is 23.0 Å². The minimum Gasteiger partial charge on any atom is -0.454 e. The Morgan fingerprint density at radius 3 is 2.60 bits per heavy atom. The first-order chi connectivity index (χ1) is 12.2. The van der Waals surface area contributed by atoms with Gasteiger partial charge in [-0.15, -0.1) is 5.10 Å². The molecule has 0 bridgehead atoms. The average Bonchev–Trinajstić information content (AvgIpc) is 3.06. The molecular formula is C16H11F2N5O2. The largest absolute Gasteiger partial charge is 0.454 e. The van der Waals surface area contributed by atoms with Crippen molar-refractivity contribution in [3.8, 4) is 11.5 Å². The van der Waals surface area contributed by atoms with Gasteiger partial charge in [-0.1, -0.05) is 6.07 Å². The third-order valence-corrected chi connectivity index (χ3v) is 3.40. The lowest BCUT2D eigenvalue weighted by Gasteiger charge is -2.09. The van der Waals surface area contributed by atoms with Gasteiger partial charge in [-0.25, -0.2) is 8.78 Å². The average molecular weight is 343 g/mol. The molecule has 0 radical (unpaired) electrons. The fourth-order valence-corrected chi connectivity index (χ4v) is 2.27. The second-order valence-corrected chi connectivity index (χ2v) is 5.08. The van der Waals surface area contributed by atoms with Gasteiger partial charge in [0.25, 0.3) is 0 Å². The summed E-state index contributed by atoms with van der Waals surface area (Å²) in [6.07, 6.45) is 1.38. The molecule has 1 aliphatic rings. The van der Waals surface area contributed by atoms with Crippen LogP contribution in [0.15, 0.2) is 42.6 Å². The third kappa shape index (κ3) is 3.11. The van der Waals surface area contributed by atoms with Crippen molar-refractivity contribution in [2.75, 3.05) is 17.4 Å². The van der Waals surface area contributed by atoms with Crippen LogP contribution in [-0.2, 0) is 0 Å². The molecule has 0 saturated heterocycles. The van der Waals surface area contributed by atoms with E-state index in [9.17, 15) is 8.78 Å². The summed E-state index contributed by atoms with van der Waals surface area (Å²) in [6.45, 7) is 0.177. The lowest BCUT2D eigenvalue weighted by Crippen LogP contribution is -2.04. The molecule has 2 N–H and O–H groups in total. The molecule has 9 heteroatoms. The van der Waals surface area contributed by atoms with Crippen LogP contribution in [0, 0.1) is 11.6 Å². The lowest BCUT2D eigenvalue weighted by atomic mass is 10.3. The quantitative estimate of drug-likeness (QED) is 0.752. The van der Waals surface area contributed by atoms with E-state index in [2.05, 4.69) is 25.8 Å². The number of hydrogen-bond donors (Lipinski definition) is 2. The number of aromatic nitrogens is 3. The van der Waals surface area contributed by atoms with Crippen molar-refractivity contribution in [1.29, 1.82) is 0 Å². The smallest absolute Gasteiger partial charge is 0.249 e. The first-order valence-electron chi connectivity index (χ1n) is 7.26. The Hall–Kier alpha value is -3.49. The second-order valence-electron chi connectivity index (χ2n) is 5.08. The van der Waals surface area contributed by atoms with Crippen molar-refractivity contribution in [3.05, 3.63) is 54.2 Å². The summed E-state index contributed by atoms with van der Waals surface area (Å²) in [5.74, 6) is 0.0564. The van der Waals surface area contributed by atoms with E-state index >= 15 is 0 Å². The molecule has 25 heavy (non-hydrogen) atoms. The van der Waals surface area contributed by atoms with Crippen LogP contribution in [0.2, 0.25) is 0 Å². The number of ether oxygens (including phenoxy) is 2. The molecular weight excluding hydrogens is 332 g/mol. The zero-order valence-corrected chi connectivity index (χ0v) is 12.7. The summed E-state index contributed by atoms with van der Waals surface area (Å²) in [7, 11) is 0. The molecule has 0 atom stereocenters. The molecule has 0 aliphatic carbocycles. The van der Waals surface area contributed by atoms with E-state index in [0.717, 1.165) is 12.1 Å². The summed E-state index contributed by atoms with van der Waals surface area (Å²) < 4.78 is 37.9. The first-order valence-corrected chi connectivity index (χ1v) is 7.26. The lowest BCUT2D eigenvalue weighted by molar-refractivity contribution is 0.174. The zero-order valence-electron chi connectivity index (χ0n) is 12.7. The molecule has 0 fully saturated rings. The molecule has 2 heterocycles. The monoisotopic (exact) mass is 343 g/mol. The Kier molecular flexibility index (Phi) is 3.73. The predicted octanol–water partition coefficient (Wildman–Crippen LogP) is 3.37. The number of halogens is 2. The zero-order chi connectivity index (χ0) is 17.2. The van der Waals surface area contributed by atoms with Gasteiger partial charge in [0.2, 0.25) is 12.7 Å². The van der Waals surface area contributed by atoms with E-state index < -0.39 is 11.6 Å². The standard InChI is InChI=1S/C16H11F2N5O2/c17-10-2-1-3-11(18)15(10)22-16-21-14(7-19-23-16)20-9-4-5-12-13(6-9)25-8-24-12/h1-7H,8H2,(H2,20,21,22,23). The molecule has 2 aromatic carbocycles. The number of benzene rings is 2. The molecule has 7 nitrogen and oxygen atoms in total. The van der Waals surface area contributed by atoms with E-state index in [1.807, 2.05) is 0 Å². The molecule has 0 saturated carbocycles. The van der Waals surface area contributed by atoms with Gasteiger partial charge in [-0.2, -0.15) is 10.1 Å². The van der Waals surface area contributed by atoms with Gasteiger partial charge in [0.1, 0.15) is 17.3 Å².